The van der Waals surface area contributed by atoms with Gasteiger partial charge >= 0.3 is 0 Å². The molecule has 3 aromatic rings. The quantitative estimate of drug-likeness (QED) is 0.491. The number of methoxy groups -OCH3 is 2. The molecule has 0 unspecified atom stereocenters. The number of hydrogen-bond acceptors (Lipinski definition) is 6. The molecule has 4 rings (SSSR count). The summed E-state index contributed by atoms with van der Waals surface area (Å²) < 4.78 is 41.1. The number of thiazole rings is 1. The topological polar surface area (TPSA) is 90.2 Å². The Hall–Kier alpha value is -2.53. The van der Waals surface area contributed by atoms with Crippen molar-refractivity contribution in [2.75, 3.05) is 27.4 Å². The molecule has 1 saturated heterocycles. The molecular weight excluding hydrogens is 474 g/mol. The van der Waals surface area contributed by atoms with Crippen LogP contribution in [0, 0.1) is 0 Å². The van der Waals surface area contributed by atoms with Gasteiger partial charge in [0.05, 0.1) is 28.8 Å². The predicted molar refractivity (Wildman–Crippen MR) is 132 cm³/mol. The highest BCUT2D eigenvalue weighted by molar-refractivity contribution is 7.89. The summed E-state index contributed by atoms with van der Waals surface area (Å²) in [5.41, 5.74) is 1.27. The van der Waals surface area contributed by atoms with E-state index in [1.807, 2.05) is 29.7 Å². The van der Waals surface area contributed by atoms with Crippen LogP contribution in [0.25, 0.3) is 10.2 Å². The van der Waals surface area contributed by atoms with E-state index in [0.717, 1.165) is 35.2 Å². The highest BCUT2D eigenvalue weighted by Gasteiger charge is 2.30. The van der Waals surface area contributed by atoms with Gasteiger partial charge in [-0.1, -0.05) is 17.8 Å². The molecule has 1 aliphatic heterocycles. The van der Waals surface area contributed by atoms with Crippen molar-refractivity contribution in [3.8, 4) is 5.75 Å². The van der Waals surface area contributed by atoms with Crippen molar-refractivity contribution in [3.05, 3.63) is 52.8 Å². The number of fused-ring (bicyclic) bond motifs is 1. The summed E-state index contributed by atoms with van der Waals surface area (Å²) in [7, 11) is -0.355. The molecule has 1 aromatic heterocycles. The molecule has 1 aliphatic rings. The van der Waals surface area contributed by atoms with Crippen LogP contribution in [0.2, 0.25) is 0 Å². The molecule has 10 heteroatoms. The van der Waals surface area contributed by atoms with Gasteiger partial charge in [-0.15, -0.1) is 0 Å². The molecule has 2 aromatic carbocycles. The van der Waals surface area contributed by atoms with Crippen LogP contribution in [-0.2, 0) is 21.3 Å². The van der Waals surface area contributed by atoms with Crippen molar-refractivity contribution in [1.29, 1.82) is 0 Å². The number of hydrogen-bond donors (Lipinski definition) is 0. The molecule has 0 saturated carbocycles. The molecule has 1 amide bonds. The molecule has 0 spiro atoms. The number of rotatable bonds is 7. The number of nitrogens with zero attached hydrogens (tertiary/aromatic N) is 3. The Morgan fingerprint density at radius 2 is 1.91 bits per heavy atom. The van der Waals surface area contributed by atoms with Gasteiger partial charge < -0.3 is 14.0 Å². The molecule has 8 nitrogen and oxygen atoms in total. The summed E-state index contributed by atoms with van der Waals surface area (Å²) in [6, 6.07) is 11.7. The van der Waals surface area contributed by atoms with Crippen molar-refractivity contribution >= 4 is 37.5 Å². The minimum absolute atomic E-state index is 0.0239. The molecule has 0 bridgehead atoms. The van der Waals surface area contributed by atoms with Crippen LogP contribution < -0.4 is 9.54 Å². The third-order valence-corrected chi connectivity index (χ3v) is 9.12. The van der Waals surface area contributed by atoms with Gasteiger partial charge in [-0.3, -0.25) is 4.79 Å². The number of carbonyl (C=O) groups is 1. The van der Waals surface area contributed by atoms with Gasteiger partial charge in [0.25, 0.3) is 5.91 Å². The van der Waals surface area contributed by atoms with Crippen LogP contribution in [0.1, 0.15) is 36.5 Å². The molecule has 1 atom stereocenters. The maximum atomic E-state index is 13.1. The van der Waals surface area contributed by atoms with E-state index in [2.05, 4.69) is 4.99 Å². The predicted octanol–water partition coefficient (Wildman–Crippen LogP) is 3.66. The SMILES string of the molecule is COCCn1c(=NC(=O)c2ccc(S(=O)(=O)N3CCCC[C@@H]3C)cc2)sc2cc(OC)ccc21. The van der Waals surface area contributed by atoms with Gasteiger partial charge in [0.15, 0.2) is 4.80 Å². The molecule has 182 valence electrons. The van der Waals surface area contributed by atoms with Gasteiger partial charge in [-0.05, 0) is 62.2 Å². The second-order valence-corrected chi connectivity index (χ2v) is 11.2. The van der Waals surface area contributed by atoms with E-state index in [-0.39, 0.29) is 10.9 Å². The molecule has 34 heavy (non-hydrogen) atoms. The van der Waals surface area contributed by atoms with E-state index >= 15 is 0 Å². The number of carbonyl (C=O) groups excluding carboxylic acids is 1. The van der Waals surface area contributed by atoms with E-state index in [0.29, 0.717) is 30.1 Å². The van der Waals surface area contributed by atoms with E-state index in [9.17, 15) is 13.2 Å². The highest BCUT2D eigenvalue weighted by atomic mass is 32.2. The fraction of sp³-hybridized carbons (Fsp3) is 0.417. The number of ether oxygens (including phenoxy) is 2. The summed E-state index contributed by atoms with van der Waals surface area (Å²) in [5, 5.41) is 0. The van der Waals surface area contributed by atoms with Gasteiger partial charge in [-0.2, -0.15) is 9.30 Å². The first-order chi connectivity index (χ1) is 16.3. The average Bonchev–Trinajstić information content (AvgIpc) is 3.18. The first kappa shape index (κ1) is 24.6. The van der Waals surface area contributed by atoms with Crippen LogP contribution in [0.5, 0.6) is 5.75 Å². The largest absolute Gasteiger partial charge is 0.497 e. The van der Waals surface area contributed by atoms with Crippen LogP contribution in [0.15, 0.2) is 52.4 Å². The zero-order chi connectivity index (χ0) is 24.3. The first-order valence-corrected chi connectivity index (χ1v) is 13.5. The minimum atomic E-state index is -3.59. The molecule has 0 N–H and O–H groups in total. The Kier molecular flexibility index (Phi) is 7.51. The number of sulfonamides is 1. The fourth-order valence-corrected chi connectivity index (χ4v) is 6.93. The number of benzene rings is 2. The lowest BCUT2D eigenvalue weighted by atomic mass is 10.1. The normalized spacial score (nSPS) is 17.9. The average molecular weight is 504 g/mol. The van der Waals surface area contributed by atoms with Crippen molar-refractivity contribution in [2.45, 2.75) is 43.7 Å². The highest BCUT2D eigenvalue weighted by Crippen LogP contribution is 2.26. The fourth-order valence-electron chi connectivity index (χ4n) is 4.15. The Morgan fingerprint density at radius 1 is 1.15 bits per heavy atom. The second-order valence-electron chi connectivity index (χ2n) is 8.26. The van der Waals surface area contributed by atoms with Crippen molar-refractivity contribution in [2.24, 2.45) is 4.99 Å². The van der Waals surface area contributed by atoms with Crippen LogP contribution >= 0.6 is 11.3 Å². The summed E-state index contributed by atoms with van der Waals surface area (Å²) >= 11 is 1.39. The van der Waals surface area contributed by atoms with E-state index < -0.39 is 15.9 Å². The minimum Gasteiger partial charge on any atom is -0.497 e. The summed E-state index contributed by atoms with van der Waals surface area (Å²) in [6.45, 7) is 3.48. The lowest BCUT2D eigenvalue weighted by molar-refractivity contribution is 0.0997. The molecule has 2 heterocycles. The molecule has 0 aliphatic carbocycles. The maximum Gasteiger partial charge on any atom is 0.279 e. The van der Waals surface area contributed by atoms with Gasteiger partial charge in [0.1, 0.15) is 5.75 Å². The molecule has 0 radical (unpaired) electrons. The van der Waals surface area contributed by atoms with E-state index in [1.54, 1.807) is 18.5 Å². The summed E-state index contributed by atoms with van der Waals surface area (Å²) in [4.78, 5) is 18.1. The van der Waals surface area contributed by atoms with Gasteiger partial charge in [0.2, 0.25) is 10.0 Å². The summed E-state index contributed by atoms with van der Waals surface area (Å²) in [5.74, 6) is 0.297. The monoisotopic (exact) mass is 503 g/mol. The van der Waals surface area contributed by atoms with Crippen LogP contribution in [0.4, 0.5) is 0 Å². The zero-order valence-corrected chi connectivity index (χ0v) is 21.2. The number of aromatic nitrogens is 1. The Balaban J connectivity index is 1.65. The maximum absolute atomic E-state index is 13.1. The third kappa shape index (κ3) is 4.95. The Labute approximate surface area is 203 Å². The van der Waals surface area contributed by atoms with Crippen molar-refractivity contribution in [3.63, 3.8) is 0 Å². The number of piperidine rings is 1. The third-order valence-electron chi connectivity index (χ3n) is 6.06. The standard InChI is InChI=1S/C24H29N3O5S2/c1-17-6-4-5-13-27(17)34(29,30)20-10-7-18(8-11-20)23(28)25-24-26(14-15-31-2)21-12-9-19(32-3)16-22(21)33-24/h7-12,16-17H,4-6,13-15H2,1-3H3/t17-/m0/s1. The van der Waals surface area contributed by atoms with E-state index in [4.69, 9.17) is 9.47 Å². The molecule has 1 fully saturated rings. The lowest BCUT2D eigenvalue weighted by Gasteiger charge is -2.32. The zero-order valence-electron chi connectivity index (χ0n) is 19.6. The molecular formula is C24H29N3O5S2. The smallest absolute Gasteiger partial charge is 0.279 e. The second kappa shape index (κ2) is 10.4. The first-order valence-electron chi connectivity index (χ1n) is 11.2. The van der Waals surface area contributed by atoms with Crippen molar-refractivity contribution in [1.82, 2.24) is 8.87 Å². The Bertz CT molecular complexity index is 1340. The van der Waals surface area contributed by atoms with Gasteiger partial charge in [-0.25, -0.2) is 8.42 Å². The van der Waals surface area contributed by atoms with E-state index in [1.165, 1.54) is 35.6 Å². The number of amides is 1. The lowest BCUT2D eigenvalue weighted by Crippen LogP contribution is -2.41. The van der Waals surface area contributed by atoms with Crippen LogP contribution in [-0.4, -0.2) is 56.6 Å². The Morgan fingerprint density at radius 3 is 2.59 bits per heavy atom. The van der Waals surface area contributed by atoms with Crippen molar-refractivity contribution < 1.29 is 22.7 Å². The van der Waals surface area contributed by atoms with Gasteiger partial charge in [0, 0.05) is 31.8 Å². The van der Waals surface area contributed by atoms with Crippen LogP contribution in [0.3, 0.4) is 0 Å². The summed E-state index contributed by atoms with van der Waals surface area (Å²) in [6.07, 6.45) is 2.76.